The van der Waals surface area contributed by atoms with E-state index in [0.717, 1.165) is 5.46 Å². The third kappa shape index (κ3) is 4.15. The molecule has 3 rings (SSSR count). The lowest BCUT2D eigenvalue weighted by molar-refractivity contribution is 0.00578. The summed E-state index contributed by atoms with van der Waals surface area (Å²) in [6.07, 6.45) is 0.705. The Labute approximate surface area is 177 Å². The van der Waals surface area contributed by atoms with Crippen LogP contribution in [0.15, 0.2) is 41.3 Å². The number of anilines is 1. The molecule has 2 aliphatic rings. The number of amides is 1. The molecule has 9 nitrogen and oxygen atoms in total. The second kappa shape index (κ2) is 8.27. The summed E-state index contributed by atoms with van der Waals surface area (Å²) in [4.78, 5) is 14.0. The zero-order chi connectivity index (χ0) is 22.1. The lowest BCUT2D eigenvalue weighted by Gasteiger charge is -2.32. The predicted molar refractivity (Wildman–Crippen MR) is 114 cm³/mol. The first kappa shape index (κ1) is 22.1. The average Bonchev–Trinajstić information content (AvgIpc) is 3.15. The quantitative estimate of drug-likeness (QED) is 0.386. The molecular formula is C20H29BN4O5. The molecule has 0 N–H and O–H groups in total. The summed E-state index contributed by atoms with van der Waals surface area (Å²) in [5.41, 5.74) is 0.553. The van der Waals surface area contributed by atoms with Crippen LogP contribution in [0.2, 0.25) is 0 Å². The molecule has 0 spiro atoms. The van der Waals surface area contributed by atoms with Gasteiger partial charge in [-0.25, -0.2) is 4.79 Å². The first-order chi connectivity index (χ1) is 14.1. The van der Waals surface area contributed by atoms with Crippen LogP contribution in [0.25, 0.3) is 0 Å². The van der Waals surface area contributed by atoms with Crippen molar-refractivity contribution in [3.63, 3.8) is 0 Å². The maximum Gasteiger partial charge on any atom is 0.494 e. The fourth-order valence-electron chi connectivity index (χ4n) is 3.33. The van der Waals surface area contributed by atoms with Crippen molar-refractivity contribution in [1.82, 2.24) is 5.01 Å². The summed E-state index contributed by atoms with van der Waals surface area (Å²) in [6, 6.07) is 5.53. The van der Waals surface area contributed by atoms with Gasteiger partial charge in [0.1, 0.15) is 11.9 Å². The van der Waals surface area contributed by atoms with Crippen molar-refractivity contribution in [3.8, 4) is 5.75 Å². The van der Waals surface area contributed by atoms with Crippen molar-refractivity contribution in [2.75, 3.05) is 32.1 Å². The van der Waals surface area contributed by atoms with Gasteiger partial charge in [-0.15, -0.1) is 0 Å². The number of cyclic esters (lactones) is 1. The van der Waals surface area contributed by atoms with Gasteiger partial charge >= 0.3 is 13.2 Å². The van der Waals surface area contributed by atoms with Crippen molar-refractivity contribution in [3.05, 3.63) is 31.0 Å². The van der Waals surface area contributed by atoms with Gasteiger partial charge in [-0.3, -0.25) is 9.91 Å². The molecule has 1 aromatic rings. The molecule has 2 fully saturated rings. The summed E-state index contributed by atoms with van der Waals surface area (Å²) in [7, 11) is 2.61. The first-order valence-electron chi connectivity index (χ1n) is 9.82. The van der Waals surface area contributed by atoms with E-state index in [1.807, 2.05) is 45.9 Å². The Kier molecular flexibility index (Phi) is 6.10. The van der Waals surface area contributed by atoms with E-state index in [1.54, 1.807) is 19.1 Å². The van der Waals surface area contributed by atoms with Crippen LogP contribution in [0.1, 0.15) is 27.7 Å². The summed E-state index contributed by atoms with van der Waals surface area (Å²) < 4.78 is 23.3. The Bertz CT molecular complexity index is 828. The normalized spacial score (nSPS) is 22.5. The van der Waals surface area contributed by atoms with Crippen molar-refractivity contribution in [1.29, 1.82) is 0 Å². The second-order valence-corrected chi connectivity index (χ2v) is 8.23. The Hall–Kier alpha value is -2.59. The van der Waals surface area contributed by atoms with E-state index >= 15 is 0 Å². The highest BCUT2D eigenvalue weighted by molar-refractivity contribution is 6.62. The number of hydrogen-bond acceptors (Lipinski definition) is 7. The number of benzene rings is 1. The lowest BCUT2D eigenvalue weighted by Crippen LogP contribution is -2.41. The molecule has 0 aromatic heterocycles. The average molecular weight is 416 g/mol. The number of methoxy groups -OCH3 is 1. The summed E-state index contributed by atoms with van der Waals surface area (Å²) in [5, 5.41) is 9.17. The highest BCUT2D eigenvalue weighted by Gasteiger charge is 2.52. The number of ether oxygens (including phenoxy) is 2. The second-order valence-electron chi connectivity index (χ2n) is 8.23. The highest BCUT2D eigenvalue weighted by atomic mass is 16.7. The minimum atomic E-state index is -0.517. The van der Waals surface area contributed by atoms with Crippen LogP contribution < -0.4 is 15.1 Å². The zero-order valence-electron chi connectivity index (χ0n) is 18.4. The molecule has 0 saturated carbocycles. The molecule has 1 atom stereocenters. The smallest absolute Gasteiger partial charge is 0.494 e. The van der Waals surface area contributed by atoms with E-state index in [-0.39, 0.29) is 6.10 Å². The van der Waals surface area contributed by atoms with Crippen LogP contribution in [0.5, 0.6) is 5.75 Å². The Morgan fingerprint density at radius 3 is 2.57 bits per heavy atom. The fraction of sp³-hybridized carbons (Fsp3) is 0.550. The third-order valence-corrected chi connectivity index (χ3v) is 5.70. The lowest BCUT2D eigenvalue weighted by atomic mass is 9.79. The highest BCUT2D eigenvalue weighted by Crippen LogP contribution is 2.37. The first-order valence-corrected chi connectivity index (χ1v) is 9.82. The summed E-state index contributed by atoms with van der Waals surface area (Å²) >= 11 is 0. The van der Waals surface area contributed by atoms with E-state index < -0.39 is 24.4 Å². The Morgan fingerprint density at radius 1 is 1.33 bits per heavy atom. The molecule has 0 aliphatic carbocycles. The van der Waals surface area contributed by atoms with Gasteiger partial charge in [0.25, 0.3) is 0 Å². The largest absolute Gasteiger partial charge is 0.495 e. The van der Waals surface area contributed by atoms with Crippen molar-refractivity contribution in [2.45, 2.75) is 45.0 Å². The molecule has 162 valence electrons. The standard InChI is InChI=1S/C20H29BN4O5/c1-8-24(23-22-6)12-15-13-25(18(26)28-15)16-10-9-14(11-17(16)27-7)21-29-19(2,3)20(4,5)30-21/h8-11,15H,1,12-13H2,2-7H3/t15-/m0/s1. The number of rotatable bonds is 7. The van der Waals surface area contributed by atoms with Crippen molar-refractivity contribution >= 4 is 24.4 Å². The molecule has 1 amide bonds. The number of hydrogen-bond donors (Lipinski definition) is 0. The topological polar surface area (TPSA) is 85.2 Å². The van der Waals surface area contributed by atoms with Gasteiger partial charge in [0.15, 0.2) is 0 Å². The van der Waals surface area contributed by atoms with Crippen LogP contribution in [0.4, 0.5) is 10.5 Å². The van der Waals surface area contributed by atoms with E-state index in [9.17, 15) is 4.79 Å². The molecule has 2 heterocycles. The molecule has 2 saturated heterocycles. The molecule has 10 heteroatoms. The van der Waals surface area contributed by atoms with Gasteiger partial charge < -0.3 is 18.8 Å². The van der Waals surface area contributed by atoms with Crippen LogP contribution >= 0.6 is 0 Å². The fourth-order valence-corrected chi connectivity index (χ4v) is 3.33. The van der Waals surface area contributed by atoms with Gasteiger partial charge in [0.2, 0.25) is 0 Å². The summed E-state index contributed by atoms with van der Waals surface area (Å²) in [6.45, 7) is 12.4. The van der Waals surface area contributed by atoms with E-state index in [4.69, 9.17) is 18.8 Å². The third-order valence-electron chi connectivity index (χ3n) is 5.70. The molecular weight excluding hydrogens is 387 g/mol. The minimum Gasteiger partial charge on any atom is -0.495 e. The van der Waals surface area contributed by atoms with Gasteiger partial charge in [-0.2, -0.15) is 5.11 Å². The van der Waals surface area contributed by atoms with Crippen LogP contribution in [-0.4, -0.2) is 62.8 Å². The van der Waals surface area contributed by atoms with Crippen LogP contribution in [0.3, 0.4) is 0 Å². The maximum absolute atomic E-state index is 12.5. The SMILES string of the molecule is C=CN(C[C@H]1CN(c2ccc(B3OC(C)(C)C(C)(C)O3)cc2OC)C(=O)O1)N=NC. The molecule has 2 aliphatic heterocycles. The minimum absolute atomic E-state index is 0.356. The Morgan fingerprint density at radius 2 is 2.00 bits per heavy atom. The van der Waals surface area contributed by atoms with Crippen molar-refractivity contribution in [2.24, 2.45) is 10.3 Å². The van der Waals surface area contributed by atoms with Gasteiger partial charge in [-0.1, -0.05) is 17.9 Å². The predicted octanol–water partition coefficient (Wildman–Crippen LogP) is 2.76. The molecule has 0 bridgehead atoms. The molecule has 0 radical (unpaired) electrons. The maximum atomic E-state index is 12.5. The van der Waals surface area contributed by atoms with Gasteiger partial charge in [-0.05, 0) is 45.3 Å². The molecule has 1 aromatic carbocycles. The number of carbonyl (C=O) groups is 1. The Balaban J connectivity index is 1.79. The van der Waals surface area contributed by atoms with Crippen LogP contribution in [0, 0.1) is 0 Å². The monoisotopic (exact) mass is 416 g/mol. The van der Waals surface area contributed by atoms with Gasteiger partial charge in [0, 0.05) is 6.20 Å². The number of carbonyl (C=O) groups excluding carboxylic acids is 1. The molecule has 30 heavy (non-hydrogen) atoms. The van der Waals surface area contributed by atoms with E-state index in [1.165, 1.54) is 11.2 Å². The van der Waals surface area contributed by atoms with Crippen molar-refractivity contribution < 1.29 is 23.6 Å². The van der Waals surface area contributed by atoms with E-state index in [2.05, 4.69) is 16.9 Å². The van der Waals surface area contributed by atoms with E-state index in [0.29, 0.717) is 24.5 Å². The zero-order valence-corrected chi connectivity index (χ0v) is 18.4. The summed E-state index contributed by atoms with van der Waals surface area (Å²) in [5.74, 6) is 0.536. The molecule has 0 unspecified atom stereocenters. The van der Waals surface area contributed by atoms with Gasteiger partial charge in [0.05, 0.1) is 44.1 Å². The van der Waals surface area contributed by atoms with Crippen LogP contribution in [-0.2, 0) is 14.0 Å². The number of nitrogens with zero attached hydrogens (tertiary/aromatic N) is 4.